The van der Waals surface area contributed by atoms with E-state index >= 15 is 0 Å². The number of rotatable bonds is 3. The Bertz CT molecular complexity index is 952. The van der Waals surface area contributed by atoms with Gasteiger partial charge in [0.1, 0.15) is 5.75 Å². The average molecular weight is 365 g/mol. The van der Waals surface area contributed by atoms with Gasteiger partial charge in [-0.25, -0.2) is 5.01 Å². The summed E-state index contributed by atoms with van der Waals surface area (Å²) < 4.78 is 5.35. The standard InChI is InChI=1S/C20H19N3O4/c1-12(24)22-20(14-3-7-15(8-4-14)23(25)26)17-10-6-13-5-9-16(27-2)11-18(13)19(17)21-22/h3-5,7-9,11,17,20H,6,10H2,1-2H3/t17-,20-/m1/s1. The first-order valence-electron chi connectivity index (χ1n) is 8.79. The Balaban J connectivity index is 1.76. The van der Waals surface area contributed by atoms with Crippen LogP contribution in [0.25, 0.3) is 0 Å². The minimum Gasteiger partial charge on any atom is -0.497 e. The van der Waals surface area contributed by atoms with Crippen LogP contribution in [0.3, 0.4) is 0 Å². The molecule has 2 aromatic rings. The molecule has 1 amide bonds. The summed E-state index contributed by atoms with van der Waals surface area (Å²) >= 11 is 0. The number of carbonyl (C=O) groups is 1. The summed E-state index contributed by atoms with van der Waals surface area (Å²) in [5.74, 6) is 0.657. The fourth-order valence-corrected chi connectivity index (χ4v) is 4.00. The fourth-order valence-electron chi connectivity index (χ4n) is 4.00. The summed E-state index contributed by atoms with van der Waals surface area (Å²) in [7, 11) is 1.63. The van der Waals surface area contributed by atoms with E-state index in [2.05, 4.69) is 5.10 Å². The summed E-state index contributed by atoms with van der Waals surface area (Å²) in [5, 5.41) is 17.1. The lowest BCUT2D eigenvalue weighted by Gasteiger charge is -2.29. The molecule has 27 heavy (non-hydrogen) atoms. The first kappa shape index (κ1) is 17.2. The number of carbonyl (C=O) groups excluding carboxylic acids is 1. The Morgan fingerprint density at radius 3 is 2.63 bits per heavy atom. The second kappa shape index (κ2) is 6.50. The van der Waals surface area contributed by atoms with Crippen LogP contribution < -0.4 is 4.74 Å². The minimum atomic E-state index is -0.424. The molecular formula is C20H19N3O4. The van der Waals surface area contributed by atoms with Gasteiger partial charge in [0.25, 0.3) is 5.69 Å². The third-order valence-corrected chi connectivity index (χ3v) is 5.30. The van der Waals surface area contributed by atoms with E-state index in [-0.39, 0.29) is 23.6 Å². The van der Waals surface area contributed by atoms with Crippen LogP contribution in [0.15, 0.2) is 47.6 Å². The topological polar surface area (TPSA) is 85.0 Å². The lowest BCUT2D eigenvalue weighted by molar-refractivity contribution is -0.384. The van der Waals surface area contributed by atoms with E-state index < -0.39 is 4.92 Å². The molecule has 0 saturated heterocycles. The third kappa shape index (κ3) is 2.85. The first-order valence-corrected chi connectivity index (χ1v) is 8.79. The maximum atomic E-state index is 12.3. The number of nitro groups is 1. The van der Waals surface area contributed by atoms with E-state index in [1.165, 1.54) is 29.6 Å². The lowest BCUT2D eigenvalue weighted by Crippen LogP contribution is -2.31. The van der Waals surface area contributed by atoms with Gasteiger partial charge in [0.2, 0.25) is 5.91 Å². The number of fused-ring (bicyclic) bond motifs is 3. The number of nitro benzene ring substituents is 1. The second-order valence-corrected chi connectivity index (χ2v) is 6.81. The molecule has 2 aliphatic rings. The predicted octanol–water partition coefficient (Wildman–Crippen LogP) is 3.47. The smallest absolute Gasteiger partial charge is 0.269 e. The predicted molar refractivity (Wildman–Crippen MR) is 99.7 cm³/mol. The van der Waals surface area contributed by atoms with Crippen LogP contribution in [0.2, 0.25) is 0 Å². The Kier molecular flexibility index (Phi) is 4.14. The van der Waals surface area contributed by atoms with Crippen LogP contribution in [0.1, 0.15) is 36.1 Å². The molecule has 0 saturated carbocycles. The number of amides is 1. The number of nitrogens with zero attached hydrogens (tertiary/aromatic N) is 3. The van der Waals surface area contributed by atoms with Crippen LogP contribution >= 0.6 is 0 Å². The van der Waals surface area contributed by atoms with Gasteiger partial charge in [0, 0.05) is 30.5 Å². The largest absolute Gasteiger partial charge is 0.497 e. The van der Waals surface area contributed by atoms with Crippen LogP contribution in [0.5, 0.6) is 5.75 Å². The highest BCUT2D eigenvalue weighted by atomic mass is 16.6. The number of hydrazone groups is 1. The van der Waals surface area contributed by atoms with Gasteiger partial charge in [-0.1, -0.05) is 18.2 Å². The quantitative estimate of drug-likeness (QED) is 0.616. The molecule has 2 atom stereocenters. The highest BCUT2D eigenvalue weighted by molar-refractivity contribution is 6.07. The highest BCUT2D eigenvalue weighted by Gasteiger charge is 2.43. The zero-order valence-electron chi connectivity index (χ0n) is 15.1. The minimum absolute atomic E-state index is 0.0333. The molecule has 2 aromatic carbocycles. The maximum Gasteiger partial charge on any atom is 0.269 e. The molecule has 0 fully saturated rings. The Hall–Kier alpha value is -3.22. The molecular weight excluding hydrogens is 346 g/mol. The molecule has 7 nitrogen and oxygen atoms in total. The van der Waals surface area contributed by atoms with E-state index in [0.717, 1.165) is 35.4 Å². The SMILES string of the molecule is COc1ccc2c(c1)C1=NN(C(C)=O)[C@H](c3ccc([N+](=O)[O-])cc3)[C@@H]1CC2. The molecule has 4 rings (SSSR count). The molecule has 1 aliphatic heterocycles. The van der Waals surface area contributed by atoms with Crippen molar-refractivity contribution < 1.29 is 14.5 Å². The number of ether oxygens (including phenoxy) is 1. The number of hydrogen-bond donors (Lipinski definition) is 0. The van der Waals surface area contributed by atoms with E-state index in [1.54, 1.807) is 19.2 Å². The van der Waals surface area contributed by atoms with Crippen molar-refractivity contribution in [3.8, 4) is 5.75 Å². The number of benzene rings is 2. The van der Waals surface area contributed by atoms with E-state index in [4.69, 9.17) is 4.74 Å². The van der Waals surface area contributed by atoms with Gasteiger partial charge >= 0.3 is 0 Å². The van der Waals surface area contributed by atoms with Gasteiger partial charge in [0.05, 0.1) is 23.8 Å². The molecule has 1 aliphatic carbocycles. The van der Waals surface area contributed by atoms with Crippen molar-refractivity contribution in [3.63, 3.8) is 0 Å². The van der Waals surface area contributed by atoms with Gasteiger partial charge in [-0.15, -0.1) is 0 Å². The Morgan fingerprint density at radius 1 is 1.26 bits per heavy atom. The van der Waals surface area contributed by atoms with Crippen molar-refractivity contribution in [1.82, 2.24) is 5.01 Å². The summed E-state index contributed by atoms with van der Waals surface area (Å²) in [4.78, 5) is 22.8. The molecule has 0 radical (unpaired) electrons. The molecule has 0 N–H and O–H groups in total. The zero-order chi connectivity index (χ0) is 19.1. The van der Waals surface area contributed by atoms with Crippen LogP contribution in [-0.2, 0) is 11.2 Å². The van der Waals surface area contributed by atoms with Gasteiger partial charge in [-0.2, -0.15) is 5.10 Å². The van der Waals surface area contributed by atoms with Gasteiger partial charge in [-0.3, -0.25) is 14.9 Å². The summed E-state index contributed by atoms with van der Waals surface area (Å²) in [5.41, 5.74) is 3.98. The van der Waals surface area contributed by atoms with Gasteiger partial charge in [-0.05, 0) is 36.1 Å². The molecule has 1 heterocycles. The van der Waals surface area contributed by atoms with Crippen LogP contribution in [-0.4, -0.2) is 28.7 Å². The lowest BCUT2D eigenvalue weighted by atomic mass is 9.77. The van der Waals surface area contributed by atoms with Crippen molar-refractivity contribution in [1.29, 1.82) is 0 Å². The summed E-state index contributed by atoms with van der Waals surface area (Å²) in [6, 6.07) is 12.1. The van der Waals surface area contributed by atoms with E-state index in [1.807, 2.05) is 18.2 Å². The van der Waals surface area contributed by atoms with Crippen molar-refractivity contribution in [3.05, 3.63) is 69.3 Å². The number of aryl methyl sites for hydroxylation is 1. The molecule has 7 heteroatoms. The summed E-state index contributed by atoms with van der Waals surface area (Å²) in [6.45, 7) is 1.49. The van der Waals surface area contributed by atoms with Crippen molar-refractivity contribution in [2.24, 2.45) is 11.0 Å². The van der Waals surface area contributed by atoms with E-state index in [9.17, 15) is 14.9 Å². The van der Waals surface area contributed by atoms with Crippen LogP contribution in [0, 0.1) is 16.0 Å². The number of non-ortho nitro benzene ring substituents is 1. The monoisotopic (exact) mass is 365 g/mol. The summed E-state index contributed by atoms with van der Waals surface area (Å²) in [6.07, 6.45) is 1.75. The number of methoxy groups -OCH3 is 1. The molecule has 0 bridgehead atoms. The van der Waals surface area contributed by atoms with Crippen LogP contribution in [0.4, 0.5) is 5.69 Å². The fraction of sp³-hybridized carbons (Fsp3) is 0.300. The van der Waals surface area contributed by atoms with Gasteiger partial charge in [0.15, 0.2) is 0 Å². The molecule has 0 unspecified atom stereocenters. The first-order chi connectivity index (χ1) is 13.0. The Labute approximate surface area is 156 Å². The Morgan fingerprint density at radius 2 is 2.00 bits per heavy atom. The van der Waals surface area contributed by atoms with E-state index in [0.29, 0.717) is 0 Å². The van der Waals surface area contributed by atoms with Crippen molar-refractivity contribution >= 4 is 17.3 Å². The average Bonchev–Trinajstić information content (AvgIpc) is 3.08. The van der Waals surface area contributed by atoms with Crippen molar-refractivity contribution in [2.45, 2.75) is 25.8 Å². The molecule has 138 valence electrons. The zero-order valence-corrected chi connectivity index (χ0v) is 15.1. The van der Waals surface area contributed by atoms with Gasteiger partial charge < -0.3 is 4.74 Å². The van der Waals surface area contributed by atoms with Crippen molar-refractivity contribution in [2.75, 3.05) is 7.11 Å². The molecule has 0 aromatic heterocycles. The molecule has 0 spiro atoms. The number of hydrogen-bond acceptors (Lipinski definition) is 5. The highest BCUT2D eigenvalue weighted by Crippen LogP contribution is 2.44. The maximum absolute atomic E-state index is 12.3. The second-order valence-electron chi connectivity index (χ2n) is 6.81. The third-order valence-electron chi connectivity index (χ3n) is 5.30. The normalized spacial score (nSPS) is 20.5.